The summed E-state index contributed by atoms with van der Waals surface area (Å²) >= 11 is 0. The first-order valence-electron chi connectivity index (χ1n) is 5.00. The van der Waals surface area contributed by atoms with Gasteiger partial charge in [-0.25, -0.2) is 9.97 Å². The third kappa shape index (κ3) is 2.27. The standard InChI is InChI=1S/C10H16N4/c1-10(3-6-11-8-10)14-7-9-12-4-2-5-13-9/h2,4-5,11,14H,3,6-8H2,1H3. The highest BCUT2D eigenvalue weighted by molar-refractivity contribution is 4.95. The molecule has 0 radical (unpaired) electrons. The molecule has 2 rings (SSSR count). The Hall–Kier alpha value is -1.00. The highest BCUT2D eigenvalue weighted by Crippen LogP contribution is 2.13. The fraction of sp³-hybridized carbons (Fsp3) is 0.600. The second-order valence-corrected chi connectivity index (χ2v) is 4.01. The minimum atomic E-state index is 0.208. The molecule has 0 amide bonds. The van der Waals surface area contributed by atoms with Gasteiger partial charge in [-0.2, -0.15) is 0 Å². The molecule has 1 saturated heterocycles. The Balaban J connectivity index is 1.88. The second-order valence-electron chi connectivity index (χ2n) is 4.01. The third-order valence-electron chi connectivity index (χ3n) is 2.66. The van der Waals surface area contributed by atoms with Gasteiger partial charge in [0.25, 0.3) is 0 Å². The van der Waals surface area contributed by atoms with Crippen molar-refractivity contribution in [2.75, 3.05) is 13.1 Å². The van der Waals surface area contributed by atoms with Gasteiger partial charge in [0.15, 0.2) is 0 Å². The average Bonchev–Trinajstić information content (AvgIpc) is 2.65. The summed E-state index contributed by atoms with van der Waals surface area (Å²) < 4.78 is 0. The van der Waals surface area contributed by atoms with E-state index >= 15 is 0 Å². The summed E-state index contributed by atoms with van der Waals surface area (Å²) in [5, 5.41) is 6.83. The van der Waals surface area contributed by atoms with E-state index < -0.39 is 0 Å². The molecule has 1 aromatic heterocycles. The van der Waals surface area contributed by atoms with E-state index in [1.54, 1.807) is 12.4 Å². The van der Waals surface area contributed by atoms with Crippen LogP contribution in [0.2, 0.25) is 0 Å². The molecular weight excluding hydrogens is 176 g/mol. The Labute approximate surface area is 84.2 Å². The van der Waals surface area contributed by atoms with Crippen LogP contribution in [-0.2, 0) is 6.54 Å². The predicted octanol–water partition coefficient (Wildman–Crippen LogP) is 0.318. The predicted molar refractivity (Wildman–Crippen MR) is 54.8 cm³/mol. The molecule has 0 saturated carbocycles. The van der Waals surface area contributed by atoms with Gasteiger partial charge in [0, 0.05) is 24.5 Å². The Morgan fingerprint density at radius 3 is 2.93 bits per heavy atom. The molecule has 1 aliphatic rings. The molecule has 76 valence electrons. The third-order valence-corrected chi connectivity index (χ3v) is 2.66. The Kier molecular flexibility index (Phi) is 2.74. The maximum absolute atomic E-state index is 4.18. The van der Waals surface area contributed by atoms with Gasteiger partial charge in [0.05, 0.1) is 6.54 Å². The largest absolute Gasteiger partial charge is 0.315 e. The lowest BCUT2D eigenvalue weighted by atomic mass is 10.0. The zero-order valence-electron chi connectivity index (χ0n) is 8.45. The Bertz CT molecular complexity index is 279. The Morgan fingerprint density at radius 1 is 1.50 bits per heavy atom. The summed E-state index contributed by atoms with van der Waals surface area (Å²) in [6.07, 6.45) is 4.72. The highest BCUT2D eigenvalue weighted by atomic mass is 15.1. The molecule has 1 unspecified atom stereocenters. The summed E-state index contributed by atoms with van der Waals surface area (Å²) in [5.41, 5.74) is 0.208. The average molecular weight is 192 g/mol. The normalized spacial score (nSPS) is 26.6. The van der Waals surface area contributed by atoms with Gasteiger partial charge < -0.3 is 10.6 Å². The fourth-order valence-electron chi connectivity index (χ4n) is 1.68. The van der Waals surface area contributed by atoms with Crippen LogP contribution in [0, 0.1) is 0 Å². The van der Waals surface area contributed by atoms with Crippen molar-refractivity contribution < 1.29 is 0 Å². The first-order valence-corrected chi connectivity index (χ1v) is 5.00. The number of aromatic nitrogens is 2. The van der Waals surface area contributed by atoms with E-state index in [0.717, 1.165) is 25.5 Å². The van der Waals surface area contributed by atoms with E-state index in [2.05, 4.69) is 27.5 Å². The van der Waals surface area contributed by atoms with E-state index in [1.165, 1.54) is 6.42 Å². The minimum absolute atomic E-state index is 0.208. The van der Waals surface area contributed by atoms with Crippen molar-refractivity contribution >= 4 is 0 Å². The Morgan fingerprint density at radius 2 is 2.29 bits per heavy atom. The van der Waals surface area contributed by atoms with Crippen molar-refractivity contribution in [2.45, 2.75) is 25.4 Å². The number of hydrogen-bond acceptors (Lipinski definition) is 4. The topological polar surface area (TPSA) is 49.8 Å². The molecule has 0 aliphatic carbocycles. The molecule has 1 atom stereocenters. The van der Waals surface area contributed by atoms with Crippen molar-refractivity contribution in [2.24, 2.45) is 0 Å². The minimum Gasteiger partial charge on any atom is -0.315 e. The van der Waals surface area contributed by atoms with E-state index in [4.69, 9.17) is 0 Å². The quantitative estimate of drug-likeness (QED) is 0.724. The van der Waals surface area contributed by atoms with Crippen molar-refractivity contribution in [3.63, 3.8) is 0 Å². The fourth-order valence-corrected chi connectivity index (χ4v) is 1.68. The van der Waals surface area contributed by atoms with Crippen molar-refractivity contribution in [1.29, 1.82) is 0 Å². The first kappa shape index (κ1) is 9.55. The summed E-state index contributed by atoms with van der Waals surface area (Å²) in [6, 6.07) is 1.84. The summed E-state index contributed by atoms with van der Waals surface area (Å²) in [4.78, 5) is 8.35. The van der Waals surface area contributed by atoms with Crippen LogP contribution in [0.3, 0.4) is 0 Å². The van der Waals surface area contributed by atoms with Crippen molar-refractivity contribution in [3.8, 4) is 0 Å². The SMILES string of the molecule is CC1(NCc2ncccn2)CCNC1. The summed E-state index contributed by atoms with van der Waals surface area (Å²) in [6.45, 7) is 5.11. The molecule has 1 aromatic rings. The van der Waals surface area contributed by atoms with Gasteiger partial charge in [0.1, 0.15) is 5.82 Å². The molecule has 4 nitrogen and oxygen atoms in total. The van der Waals surface area contributed by atoms with Gasteiger partial charge in [-0.15, -0.1) is 0 Å². The van der Waals surface area contributed by atoms with Crippen LogP contribution in [0.25, 0.3) is 0 Å². The van der Waals surface area contributed by atoms with Gasteiger partial charge in [-0.3, -0.25) is 0 Å². The van der Waals surface area contributed by atoms with Crippen molar-refractivity contribution in [3.05, 3.63) is 24.3 Å². The number of rotatable bonds is 3. The highest BCUT2D eigenvalue weighted by Gasteiger charge is 2.27. The van der Waals surface area contributed by atoms with Gasteiger partial charge in [-0.05, 0) is 26.0 Å². The zero-order chi connectivity index (χ0) is 9.86. The van der Waals surface area contributed by atoms with Crippen LogP contribution in [-0.4, -0.2) is 28.6 Å². The van der Waals surface area contributed by atoms with Crippen LogP contribution in [0.1, 0.15) is 19.2 Å². The zero-order valence-corrected chi connectivity index (χ0v) is 8.45. The smallest absolute Gasteiger partial charge is 0.141 e. The molecular formula is C10H16N4. The lowest BCUT2D eigenvalue weighted by Crippen LogP contribution is -2.43. The summed E-state index contributed by atoms with van der Waals surface area (Å²) in [7, 11) is 0. The molecule has 1 fully saturated rings. The molecule has 0 aromatic carbocycles. The molecule has 2 N–H and O–H groups in total. The van der Waals surface area contributed by atoms with Crippen LogP contribution >= 0.6 is 0 Å². The van der Waals surface area contributed by atoms with Crippen LogP contribution < -0.4 is 10.6 Å². The van der Waals surface area contributed by atoms with Crippen LogP contribution in [0.15, 0.2) is 18.5 Å². The number of nitrogens with zero attached hydrogens (tertiary/aromatic N) is 2. The molecule has 1 aliphatic heterocycles. The van der Waals surface area contributed by atoms with E-state index in [9.17, 15) is 0 Å². The van der Waals surface area contributed by atoms with Crippen molar-refractivity contribution in [1.82, 2.24) is 20.6 Å². The number of hydrogen-bond donors (Lipinski definition) is 2. The van der Waals surface area contributed by atoms with Gasteiger partial charge in [-0.1, -0.05) is 0 Å². The first-order chi connectivity index (χ1) is 6.79. The van der Waals surface area contributed by atoms with E-state index in [-0.39, 0.29) is 5.54 Å². The molecule has 0 spiro atoms. The maximum atomic E-state index is 4.18. The van der Waals surface area contributed by atoms with Gasteiger partial charge >= 0.3 is 0 Å². The van der Waals surface area contributed by atoms with Gasteiger partial charge in [0.2, 0.25) is 0 Å². The maximum Gasteiger partial charge on any atom is 0.141 e. The summed E-state index contributed by atoms with van der Waals surface area (Å²) in [5.74, 6) is 0.862. The lowest BCUT2D eigenvalue weighted by Gasteiger charge is -2.23. The monoisotopic (exact) mass is 192 g/mol. The van der Waals surface area contributed by atoms with Crippen LogP contribution in [0.4, 0.5) is 0 Å². The van der Waals surface area contributed by atoms with E-state index in [1.807, 2.05) is 6.07 Å². The molecule has 0 bridgehead atoms. The molecule has 2 heterocycles. The lowest BCUT2D eigenvalue weighted by molar-refractivity contribution is 0.380. The molecule has 14 heavy (non-hydrogen) atoms. The van der Waals surface area contributed by atoms with E-state index in [0.29, 0.717) is 0 Å². The molecule has 4 heteroatoms. The number of nitrogens with one attached hydrogen (secondary N) is 2. The van der Waals surface area contributed by atoms with Crippen LogP contribution in [0.5, 0.6) is 0 Å². The second kappa shape index (κ2) is 4.02.